The lowest BCUT2D eigenvalue weighted by Crippen LogP contribution is -2.50. The number of ether oxygens (including phenoxy) is 1. The first kappa shape index (κ1) is 28.5. The van der Waals surface area contributed by atoms with Crippen molar-refractivity contribution >= 4 is 15.9 Å². The molecule has 0 saturated carbocycles. The van der Waals surface area contributed by atoms with E-state index in [2.05, 4.69) is 30.4 Å². The third-order valence-corrected chi connectivity index (χ3v) is 9.08. The van der Waals surface area contributed by atoms with Crippen molar-refractivity contribution in [2.45, 2.75) is 75.3 Å². The van der Waals surface area contributed by atoms with Crippen molar-refractivity contribution in [2.75, 3.05) is 32.7 Å². The Bertz CT molecular complexity index is 1180. The largest absolute Gasteiger partial charge is 0.487 e. The summed E-state index contributed by atoms with van der Waals surface area (Å²) in [6, 6.07) is 13.8. The maximum atomic E-state index is 13.9. The number of halogens is 1. The van der Waals surface area contributed by atoms with E-state index in [0.717, 1.165) is 44.3 Å². The highest BCUT2D eigenvalue weighted by atomic mass is 32.2. The molecule has 4 rings (SSSR count). The zero-order chi connectivity index (χ0) is 27.3. The molecule has 208 valence electrons. The van der Waals surface area contributed by atoms with Gasteiger partial charge in [0.1, 0.15) is 6.10 Å². The van der Waals surface area contributed by atoms with Crippen molar-refractivity contribution in [3.63, 3.8) is 0 Å². The van der Waals surface area contributed by atoms with Gasteiger partial charge in [-0.1, -0.05) is 45.0 Å². The number of hydrogen-bond donors (Lipinski definition) is 1. The fourth-order valence-corrected chi connectivity index (χ4v) is 6.26. The highest BCUT2D eigenvalue weighted by Crippen LogP contribution is 2.26. The highest BCUT2D eigenvalue weighted by molar-refractivity contribution is 7.89. The molecule has 2 aromatic rings. The number of hydrogen-bond acceptors (Lipinski definition) is 5. The van der Waals surface area contributed by atoms with E-state index >= 15 is 0 Å². The fraction of sp³-hybridized carbons (Fsp3) is 0.552. The molecule has 0 unspecified atom stereocenters. The molecule has 38 heavy (non-hydrogen) atoms. The molecule has 0 aliphatic carbocycles. The van der Waals surface area contributed by atoms with Crippen LogP contribution in [0.2, 0.25) is 0 Å². The van der Waals surface area contributed by atoms with Crippen LogP contribution < -0.4 is 9.46 Å². The van der Waals surface area contributed by atoms with Crippen molar-refractivity contribution in [2.24, 2.45) is 0 Å². The molecule has 0 aromatic heterocycles. The minimum Gasteiger partial charge on any atom is -0.487 e. The molecule has 2 aromatic carbocycles. The van der Waals surface area contributed by atoms with Crippen LogP contribution >= 0.6 is 0 Å². The molecule has 2 heterocycles. The zero-order valence-electron chi connectivity index (χ0n) is 22.7. The number of carbonyl (C=O) groups excluding carboxylic acids is 1. The molecular formula is C29H40FN3O4S. The number of rotatable bonds is 8. The van der Waals surface area contributed by atoms with Gasteiger partial charge in [0, 0.05) is 45.2 Å². The average molecular weight is 546 g/mol. The first-order valence-corrected chi connectivity index (χ1v) is 15.0. The molecule has 7 nitrogen and oxygen atoms in total. The zero-order valence-corrected chi connectivity index (χ0v) is 23.5. The maximum Gasteiger partial charge on any atom is 0.240 e. The predicted molar refractivity (Wildman–Crippen MR) is 146 cm³/mol. The highest BCUT2D eigenvalue weighted by Gasteiger charge is 2.30. The van der Waals surface area contributed by atoms with E-state index in [0.29, 0.717) is 24.9 Å². The molecule has 2 fully saturated rings. The van der Waals surface area contributed by atoms with Crippen molar-refractivity contribution < 1.29 is 22.3 Å². The summed E-state index contributed by atoms with van der Waals surface area (Å²) in [5.74, 6) is -0.0285. The molecule has 2 aliphatic rings. The average Bonchev–Trinajstić information content (AvgIpc) is 2.90. The number of carbonyl (C=O) groups is 1. The van der Waals surface area contributed by atoms with Gasteiger partial charge in [0.05, 0.1) is 4.90 Å². The van der Waals surface area contributed by atoms with E-state index in [1.165, 1.54) is 6.07 Å². The second-order valence-electron chi connectivity index (χ2n) is 11.3. The van der Waals surface area contributed by atoms with Gasteiger partial charge >= 0.3 is 0 Å². The number of amides is 1. The van der Waals surface area contributed by atoms with E-state index in [9.17, 15) is 17.6 Å². The number of likely N-dealkylation sites (tertiary alicyclic amines) is 2. The monoisotopic (exact) mass is 545 g/mol. The van der Waals surface area contributed by atoms with Gasteiger partial charge in [-0.25, -0.2) is 17.5 Å². The molecule has 9 heteroatoms. The van der Waals surface area contributed by atoms with Crippen molar-refractivity contribution in [1.82, 2.24) is 14.5 Å². The van der Waals surface area contributed by atoms with Crippen LogP contribution in [0.5, 0.6) is 5.75 Å². The van der Waals surface area contributed by atoms with E-state index in [1.54, 1.807) is 30.3 Å². The Morgan fingerprint density at radius 3 is 2.21 bits per heavy atom. The Hall–Kier alpha value is -2.49. The number of nitrogens with one attached hydrogen (secondary N) is 1. The van der Waals surface area contributed by atoms with Gasteiger partial charge in [0.25, 0.3) is 0 Å². The van der Waals surface area contributed by atoms with Crippen LogP contribution in [0.15, 0.2) is 53.4 Å². The lowest BCUT2D eigenvalue weighted by Gasteiger charge is -2.41. The molecule has 0 spiro atoms. The SMILES string of the molecule is CC(C)(C)c1ccc(S(=O)(=O)NCCC(=O)N2CCC(N3CCC(Oc4ccccc4F)CC3)CC2)cc1. The van der Waals surface area contributed by atoms with E-state index in [-0.39, 0.29) is 41.1 Å². The smallest absolute Gasteiger partial charge is 0.240 e. The minimum atomic E-state index is -3.66. The number of benzene rings is 2. The first-order valence-electron chi connectivity index (χ1n) is 13.6. The van der Waals surface area contributed by atoms with Gasteiger partial charge in [-0.3, -0.25) is 9.69 Å². The molecule has 1 amide bonds. The number of piperidine rings is 2. The molecule has 0 atom stereocenters. The first-order chi connectivity index (χ1) is 18.0. The standard InChI is InChI=1S/C29H40FN3O4S/c1-29(2,3)22-8-10-25(11-9-22)38(35,36)31-17-12-28(34)33-18-13-23(14-19-33)32-20-15-24(16-21-32)37-27-7-5-4-6-26(27)30/h4-11,23-24,31H,12-21H2,1-3H3. The molecule has 0 bridgehead atoms. The summed E-state index contributed by atoms with van der Waals surface area (Å²) in [5, 5.41) is 0. The summed E-state index contributed by atoms with van der Waals surface area (Å²) in [7, 11) is -3.66. The van der Waals surface area contributed by atoms with E-state index in [4.69, 9.17) is 4.74 Å². The van der Waals surface area contributed by atoms with Gasteiger partial charge in [-0.15, -0.1) is 0 Å². The summed E-state index contributed by atoms with van der Waals surface area (Å²) in [6.45, 7) is 9.47. The van der Waals surface area contributed by atoms with Crippen LogP contribution in [-0.2, 0) is 20.2 Å². The van der Waals surface area contributed by atoms with E-state index in [1.807, 2.05) is 17.0 Å². The summed E-state index contributed by atoms with van der Waals surface area (Å²) in [6.07, 6.45) is 3.67. The molecular weight excluding hydrogens is 505 g/mol. The van der Waals surface area contributed by atoms with Gasteiger partial charge in [-0.05, 0) is 60.9 Å². The normalized spacial score (nSPS) is 18.5. The van der Waals surface area contributed by atoms with Crippen LogP contribution in [0.4, 0.5) is 4.39 Å². The predicted octanol–water partition coefficient (Wildman–Crippen LogP) is 4.33. The number of sulfonamides is 1. The Kier molecular flexibility index (Phi) is 9.11. The Balaban J connectivity index is 1.17. The summed E-state index contributed by atoms with van der Waals surface area (Å²) >= 11 is 0. The lowest BCUT2D eigenvalue weighted by molar-refractivity contribution is -0.132. The second kappa shape index (κ2) is 12.1. The Morgan fingerprint density at radius 2 is 1.61 bits per heavy atom. The van der Waals surface area contributed by atoms with Crippen molar-refractivity contribution in [3.8, 4) is 5.75 Å². The van der Waals surface area contributed by atoms with Crippen LogP contribution in [0.25, 0.3) is 0 Å². The molecule has 2 aliphatic heterocycles. The third kappa shape index (κ3) is 7.33. The maximum absolute atomic E-state index is 13.9. The van der Waals surface area contributed by atoms with Gasteiger partial charge in [-0.2, -0.15) is 0 Å². The fourth-order valence-electron chi connectivity index (χ4n) is 5.23. The lowest BCUT2D eigenvalue weighted by atomic mass is 9.87. The molecule has 2 saturated heterocycles. The number of nitrogens with zero attached hydrogens (tertiary/aromatic N) is 2. The van der Waals surface area contributed by atoms with Crippen molar-refractivity contribution in [3.05, 3.63) is 59.9 Å². The van der Waals surface area contributed by atoms with Gasteiger partial charge in [0.15, 0.2) is 11.6 Å². The quantitative estimate of drug-likeness (QED) is 0.534. The minimum absolute atomic E-state index is 0.0185. The second-order valence-corrected chi connectivity index (χ2v) is 13.1. The van der Waals surface area contributed by atoms with Crippen LogP contribution in [0.1, 0.15) is 58.4 Å². The topological polar surface area (TPSA) is 79.0 Å². The molecule has 0 radical (unpaired) electrons. The van der Waals surface area contributed by atoms with Crippen LogP contribution in [0.3, 0.4) is 0 Å². The molecule has 1 N–H and O–H groups in total. The Labute approximate surface area is 226 Å². The third-order valence-electron chi connectivity index (χ3n) is 7.60. The number of para-hydroxylation sites is 1. The summed E-state index contributed by atoms with van der Waals surface area (Å²) in [4.78, 5) is 17.2. The van der Waals surface area contributed by atoms with E-state index < -0.39 is 10.0 Å². The summed E-state index contributed by atoms with van der Waals surface area (Å²) < 4.78 is 47.6. The van der Waals surface area contributed by atoms with Crippen molar-refractivity contribution in [1.29, 1.82) is 0 Å². The van der Waals surface area contributed by atoms with Crippen LogP contribution in [-0.4, -0.2) is 69.0 Å². The Morgan fingerprint density at radius 1 is 0.974 bits per heavy atom. The van der Waals surface area contributed by atoms with Gasteiger partial charge in [0.2, 0.25) is 15.9 Å². The van der Waals surface area contributed by atoms with Gasteiger partial charge < -0.3 is 9.64 Å². The van der Waals surface area contributed by atoms with Crippen LogP contribution in [0, 0.1) is 5.82 Å². The summed E-state index contributed by atoms with van der Waals surface area (Å²) in [5.41, 5.74) is 1.01.